The van der Waals surface area contributed by atoms with E-state index in [0.717, 1.165) is 15.7 Å². The molecule has 0 atom stereocenters. The van der Waals surface area contributed by atoms with Crippen LogP contribution in [0.4, 0.5) is 0 Å². The van der Waals surface area contributed by atoms with Gasteiger partial charge in [-0.15, -0.1) is 10.2 Å². The minimum absolute atomic E-state index is 0.481. The first-order valence-electron chi connectivity index (χ1n) is 5.71. The van der Waals surface area contributed by atoms with Crippen LogP contribution in [0.5, 0.6) is 0 Å². The maximum atomic E-state index is 6.13. The van der Waals surface area contributed by atoms with Crippen LogP contribution in [0.25, 0.3) is 5.65 Å². The molecule has 0 aliphatic rings. The van der Waals surface area contributed by atoms with Crippen LogP contribution in [-0.4, -0.2) is 14.6 Å². The Balaban J connectivity index is 1.90. The summed E-state index contributed by atoms with van der Waals surface area (Å²) in [5.74, 6) is 0.699. The molecule has 0 aliphatic carbocycles. The molecular weight excluding hydrogens is 337 g/mol. The largest absolute Gasteiger partial charge is 0.275 e. The third kappa shape index (κ3) is 2.74. The number of rotatable bonds is 3. The first kappa shape index (κ1) is 14.0. The van der Waals surface area contributed by atoms with E-state index in [9.17, 15) is 0 Å². The normalized spacial score (nSPS) is 11.2. The van der Waals surface area contributed by atoms with Gasteiger partial charge in [-0.1, -0.05) is 64.8 Å². The number of fused-ring (bicyclic) bond motifs is 1. The van der Waals surface area contributed by atoms with Gasteiger partial charge in [-0.3, -0.25) is 4.40 Å². The predicted molar refractivity (Wildman–Crippen MR) is 84.0 cm³/mol. The predicted octanol–water partition coefficient (Wildman–Crippen LogP) is 4.98. The van der Waals surface area contributed by atoms with Crippen molar-refractivity contribution in [1.82, 2.24) is 14.6 Å². The van der Waals surface area contributed by atoms with E-state index >= 15 is 0 Å². The van der Waals surface area contributed by atoms with E-state index in [1.807, 2.05) is 24.3 Å². The number of hydrogen-bond acceptors (Lipinski definition) is 3. The molecule has 2 aromatic heterocycles. The van der Waals surface area contributed by atoms with E-state index in [2.05, 4.69) is 10.2 Å². The molecule has 2 heterocycles. The van der Waals surface area contributed by atoms with Gasteiger partial charge in [0, 0.05) is 17.0 Å². The number of hydrogen-bond donors (Lipinski definition) is 0. The molecule has 0 amide bonds. The topological polar surface area (TPSA) is 30.2 Å². The summed E-state index contributed by atoms with van der Waals surface area (Å²) < 4.78 is 1.78. The van der Waals surface area contributed by atoms with Crippen molar-refractivity contribution in [2.24, 2.45) is 0 Å². The maximum absolute atomic E-state index is 6.13. The second kappa shape index (κ2) is 5.82. The van der Waals surface area contributed by atoms with E-state index in [0.29, 0.717) is 21.4 Å². The molecule has 3 aromatic rings. The van der Waals surface area contributed by atoms with Gasteiger partial charge in [-0.05, 0) is 17.7 Å². The Hall–Kier alpha value is -0.940. The Kier molecular flexibility index (Phi) is 4.08. The Morgan fingerprint density at radius 2 is 1.85 bits per heavy atom. The van der Waals surface area contributed by atoms with Crippen LogP contribution >= 0.6 is 46.6 Å². The fraction of sp³-hybridized carbons (Fsp3) is 0.0769. The van der Waals surface area contributed by atoms with Gasteiger partial charge in [0.1, 0.15) is 0 Å². The van der Waals surface area contributed by atoms with Crippen molar-refractivity contribution in [3.05, 3.63) is 57.2 Å². The van der Waals surface area contributed by atoms with E-state index in [1.54, 1.807) is 16.7 Å². The average Bonchev–Trinajstić information content (AvgIpc) is 2.81. The first-order valence-corrected chi connectivity index (χ1v) is 7.83. The van der Waals surface area contributed by atoms with Crippen LogP contribution in [0, 0.1) is 0 Å². The minimum atomic E-state index is 0.481. The summed E-state index contributed by atoms with van der Waals surface area (Å²) in [6.07, 6.45) is 1.75. The second-order valence-electron chi connectivity index (χ2n) is 4.06. The zero-order valence-electron chi connectivity index (χ0n) is 10.1. The van der Waals surface area contributed by atoms with Gasteiger partial charge in [0.25, 0.3) is 0 Å². The van der Waals surface area contributed by atoms with Gasteiger partial charge in [-0.2, -0.15) is 0 Å². The second-order valence-corrected chi connectivity index (χ2v) is 6.26. The Morgan fingerprint density at radius 3 is 2.65 bits per heavy atom. The zero-order valence-corrected chi connectivity index (χ0v) is 13.1. The molecule has 0 fully saturated rings. The summed E-state index contributed by atoms with van der Waals surface area (Å²) in [7, 11) is 0. The molecule has 102 valence electrons. The van der Waals surface area contributed by atoms with Crippen LogP contribution in [0.1, 0.15) is 5.56 Å². The molecule has 0 spiro atoms. The summed E-state index contributed by atoms with van der Waals surface area (Å²) in [6.45, 7) is 0. The zero-order chi connectivity index (χ0) is 14.1. The maximum Gasteiger partial charge on any atom is 0.196 e. The van der Waals surface area contributed by atoms with Crippen molar-refractivity contribution in [1.29, 1.82) is 0 Å². The highest BCUT2D eigenvalue weighted by Crippen LogP contribution is 2.28. The van der Waals surface area contributed by atoms with Crippen molar-refractivity contribution in [3.8, 4) is 0 Å². The van der Waals surface area contributed by atoms with Crippen LogP contribution in [0.15, 0.2) is 41.7 Å². The lowest BCUT2D eigenvalue weighted by molar-refractivity contribution is 0.921. The molecule has 0 saturated heterocycles. The van der Waals surface area contributed by atoms with E-state index < -0.39 is 0 Å². The smallest absolute Gasteiger partial charge is 0.196 e. The van der Waals surface area contributed by atoms with Crippen LogP contribution < -0.4 is 0 Å². The molecule has 0 aliphatic heterocycles. The number of halogens is 3. The number of aromatic nitrogens is 3. The molecule has 1 aromatic carbocycles. The lowest BCUT2D eigenvalue weighted by Crippen LogP contribution is -1.89. The highest BCUT2D eigenvalue weighted by Gasteiger charge is 2.11. The lowest BCUT2D eigenvalue weighted by Gasteiger charge is -2.03. The lowest BCUT2D eigenvalue weighted by atomic mass is 10.2. The van der Waals surface area contributed by atoms with Gasteiger partial charge in [0.05, 0.1) is 10.0 Å². The van der Waals surface area contributed by atoms with Crippen molar-refractivity contribution in [2.75, 3.05) is 0 Å². The number of nitrogens with zero attached hydrogens (tertiary/aromatic N) is 3. The quantitative estimate of drug-likeness (QED) is 0.628. The summed E-state index contributed by atoms with van der Waals surface area (Å²) in [4.78, 5) is 0. The highest BCUT2D eigenvalue weighted by atomic mass is 35.5. The van der Waals surface area contributed by atoms with E-state index in [1.165, 1.54) is 11.8 Å². The number of pyridine rings is 1. The Morgan fingerprint density at radius 1 is 1.05 bits per heavy atom. The van der Waals surface area contributed by atoms with Crippen molar-refractivity contribution < 1.29 is 0 Å². The highest BCUT2D eigenvalue weighted by molar-refractivity contribution is 7.98. The number of benzene rings is 1. The van der Waals surface area contributed by atoms with Crippen LogP contribution in [0.3, 0.4) is 0 Å². The average molecular weight is 345 g/mol. The molecule has 3 nitrogen and oxygen atoms in total. The van der Waals surface area contributed by atoms with Gasteiger partial charge in [0.15, 0.2) is 10.8 Å². The fourth-order valence-electron chi connectivity index (χ4n) is 1.76. The van der Waals surface area contributed by atoms with E-state index in [4.69, 9.17) is 34.8 Å². The molecule has 0 N–H and O–H groups in total. The SMILES string of the molecule is Clc1cc(Cl)c2nnc(SCc3ccccc3Cl)n2c1. The van der Waals surface area contributed by atoms with E-state index in [-0.39, 0.29) is 0 Å². The first-order chi connectivity index (χ1) is 9.65. The summed E-state index contributed by atoms with van der Waals surface area (Å²) >= 11 is 19.7. The Bertz CT molecular complexity index is 773. The molecular formula is C13H8Cl3N3S. The van der Waals surface area contributed by atoms with Gasteiger partial charge in [0.2, 0.25) is 0 Å². The minimum Gasteiger partial charge on any atom is -0.275 e. The van der Waals surface area contributed by atoms with Crippen molar-refractivity contribution >= 4 is 52.2 Å². The summed E-state index contributed by atoms with van der Waals surface area (Å²) in [6, 6.07) is 9.36. The standard InChI is InChI=1S/C13H8Cl3N3S/c14-9-5-11(16)12-17-18-13(19(12)6-9)20-7-8-3-1-2-4-10(8)15/h1-6H,7H2. The summed E-state index contributed by atoms with van der Waals surface area (Å²) in [5.41, 5.74) is 1.64. The third-order valence-electron chi connectivity index (χ3n) is 2.71. The van der Waals surface area contributed by atoms with Crippen LogP contribution in [0.2, 0.25) is 15.1 Å². The van der Waals surface area contributed by atoms with Gasteiger partial charge < -0.3 is 0 Å². The molecule has 3 rings (SSSR count). The molecule has 0 saturated carbocycles. The molecule has 20 heavy (non-hydrogen) atoms. The van der Waals surface area contributed by atoms with Gasteiger partial charge in [-0.25, -0.2) is 0 Å². The third-order valence-corrected chi connectivity index (χ3v) is 4.56. The van der Waals surface area contributed by atoms with Crippen LogP contribution in [-0.2, 0) is 5.75 Å². The number of thioether (sulfide) groups is 1. The molecule has 0 radical (unpaired) electrons. The molecule has 7 heteroatoms. The molecule has 0 unspecified atom stereocenters. The molecule has 0 bridgehead atoms. The van der Waals surface area contributed by atoms with Crippen molar-refractivity contribution in [3.63, 3.8) is 0 Å². The monoisotopic (exact) mass is 343 g/mol. The van der Waals surface area contributed by atoms with Crippen molar-refractivity contribution in [2.45, 2.75) is 10.9 Å². The van der Waals surface area contributed by atoms with Gasteiger partial charge >= 0.3 is 0 Å². The Labute approximate surface area is 134 Å². The fourth-order valence-corrected chi connectivity index (χ4v) is 3.46. The summed E-state index contributed by atoms with van der Waals surface area (Å²) in [5, 5.41) is 10.7.